The number of sulfonamides is 1. The third-order valence-corrected chi connectivity index (χ3v) is 5.13. The van der Waals surface area contributed by atoms with Gasteiger partial charge in [0.15, 0.2) is 0 Å². The fourth-order valence-electron chi connectivity index (χ4n) is 2.40. The molecule has 0 radical (unpaired) electrons. The average molecular weight is 389 g/mol. The number of anilines is 3. The minimum atomic E-state index is -3.70. The summed E-state index contributed by atoms with van der Waals surface area (Å²) in [5.74, 6) is 0.459. The van der Waals surface area contributed by atoms with Gasteiger partial charge in [-0.3, -0.25) is 4.72 Å². The number of rotatable bonds is 5. The van der Waals surface area contributed by atoms with E-state index >= 15 is 0 Å². The maximum atomic E-state index is 12.5. The van der Waals surface area contributed by atoms with Crippen LogP contribution >= 0.6 is 11.6 Å². The van der Waals surface area contributed by atoms with Crippen molar-refractivity contribution < 1.29 is 8.42 Å². The van der Waals surface area contributed by atoms with E-state index in [0.717, 1.165) is 11.4 Å². The Labute approximate surface area is 157 Å². The molecule has 0 aliphatic rings. The summed E-state index contributed by atoms with van der Waals surface area (Å²) in [5.41, 5.74) is 2.79. The number of halogens is 1. The highest BCUT2D eigenvalue weighted by Gasteiger charge is 2.14. The number of hydrogen-bond donors (Lipinski definition) is 2. The molecule has 0 bridgehead atoms. The molecule has 26 heavy (non-hydrogen) atoms. The average Bonchev–Trinajstić information content (AvgIpc) is 2.54. The fourth-order valence-corrected chi connectivity index (χ4v) is 3.57. The third kappa shape index (κ3) is 4.50. The maximum absolute atomic E-state index is 12.5. The van der Waals surface area contributed by atoms with Crippen LogP contribution in [0.15, 0.2) is 59.5 Å². The molecular formula is C18H17ClN4O2S. The Morgan fingerprint density at radius 1 is 0.885 bits per heavy atom. The molecule has 1 heterocycles. The number of hydrogen-bond acceptors (Lipinski definition) is 5. The summed E-state index contributed by atoms with van der Waals surface area (Å²) < 4.78 is 27.5. The van der Waals surface area contributed by atoms with Gasteiger partial charge < -0.3 is 5.32 Å². The molecule has 0 unspecified atom stereocenters. The van der Waals surface area contributed by atoms with E-state index < -0.39 is 10.0 Å². The van der Waals surface area contributed by atoms with Crippen molar-refractivity contribution in [2.75, 3.05) is 10.0 Å². The Hall–Kier alpha value is -2.64. The largest absolute Gasteiger partial charge is 0.324 e. The molecule has 0 atom stereocenters. The Morgan fingerprint density at radius 3 is 2.15 bits per heavy atom. The highest BCUT2D eigenvalue weighted by molar-refractivity contribution is 7.92. The van der Waals surface area contributed by atoms with Gasteiger partial charge in [-0.25, -0.2) is 18.4 Å². The normalized spacial score (nSPS) is 11.2. The number of nitrogens with zero attached hydrogens (tertiary/aromatic N) is 2. The van der Waals surface area contributed by atoms with E-state index in [4.69, 9.17) is 11.6 Å². The van der Waals surface area contributed by atoms with Crippen molar-refractivity contribution in [1.82, 2.24) is 9.97 Å². The second-order valence-corrected chi connectivity index (χ2v) is 7.86. The van der Waals surface area contributed by atoms with Gasteiger partial charge in [0.05, 0.1) is 10.6 Å². The van der Waals surface area contributed by atoms with Gasteiger partial charge in [-0.15, -0.1) is 0 Å². The Balaban J connectivity index is 1.82. The zero-order chi connectivity index (χ0) is 18.7. The first-order valence-electron chi connectivity index (χ1n) is 7.80. The molecule has 2 aromatic carbocycles. The van der Waals surface area contributed by atoms with E-state index in [1.165, 1.54) is 24.3 Å². The van der Waals surface area contributed by atoms with Gasteiger partial charge in [0.2, 0.25) is 5.95 Å². The van der Waals surface area contributed by atoms with E-state index in [1.807, 2.05) is 19.9 Å². The lowest BCUT2D eigenvalue weighted by Crippen LogP contribution is -2.13. The summed E-state index contributed by atoms with van der Waals surface area (Å²) >= 11 is 5.81. The van der Waals surface area contributed by atoms with Gasteiger partial charge in [-0.05, 0) is 62.4 Å². The van der Waals surface area contributed by atoms with Crippen molar-refractivity contribution in [1.29, 1.82) is 0 Å². The first-order valence-corrected chi connectivity index (χ1v) is 9.66. The summed E-state index contributed by atoms with van der Waals surface area (Å²) in [6.07, 6.45) is 0. The van der Waals surface area contributed by atoms with Crippen molar-refractivity contribution >= 4 is 38.9 Å². The molecule has 134 valence electrons. The number of aromatic nitrogens is 2. The van der Waals surface area contributed by atoms with Crippen LogP contribution in [-0.2, 0) is 10.0 Å². The van der Waals surface area contributed by atoms with Crippen molar-refractivity contribution in [3.8, 4) is 0 Å². The van der Waals surface area contributed by atoms with Crippen molar-refractivity contribution in [2.24, 2.45) is 0 Å². The van der Waals surface area contributed by atoms with Crippen molar-refractivity contribution in [3.63, 3.8) is 0 Å². The summed E-state index contributed by atoms with van der Waals surface area (Å²) in [6.45, 7) is 3.77. The monoisotopic (exact) mass is 388 g/mol. The molecule has 0 saturated carbocycles. The lowest BCUT2D eigenvalue weighted by Gasteiger charge is -2.11. The van der Waals surface area contributed by atoms with Gasteiger partial charge in [0, 0.05) is 22.1 Å². The van der Waals surface area contributed by atoms with Gasteiger partial charge in [-0.1, -0.05) is 17.7 Å². The number of nitrogens with one attached hydrogen (secondary N) is 2. The van der Waals surface area contributed by atoms with Crippen LogP contribution in [0.5, 0.6) is 0 Å². The smallest absolute Gasteiger partial charge is 0.261 e. The van der Waals surface area contributed by atoms with Crippen molar-refractivity contribution in [2.45, 2.75) is 18.7 Å². The quantitative estimate of drug-likeness (QED) is 0.681. The standard InChI is InChI=1S/C18H17ClN4O2S/c1-12-10-13(2)21-18(20-12)22-15-4-3-5-16(11-15)23-26(24,25)17-8-6-14(19)7-9-17/h3-11,23H,1-2H3,(H,20,21,22). The predicted molar refractivity (Wildman–Crippen MR) is 103 cm³/mol. The molecule has 0 saturated heterocycles. The van der Waals surface area contributed by atoms with E-state index in [9.17, 15) is 8.42 Å². The zero-order valence-corrected chi connectivity index (χ0v) is 15.8. The fraction of sp³-hybridized carbons (Fsp3) is 0.111. The molecule has 1 aromatic heterocycles. The highest BCUT2D eigenvalue weighted by Crippen LogP contribution is 2.22. The summed E-state index contributed by atoms with van der Waals surface area (Å²) in [5, 5.41) is 3.56. The van der Waals surface area contributed by atoms with E-state index in [1.54, 1.807) is 24.3 Å². The molecule has 8 heteroatoms. The van der Waals surface area contributed by atoms with E-state index in [0.29, 0.717) is 22.3 Å². The summed E-state index contributed by atoms with van der Waals surface area (Å²) in [6, 6.07) is 14.7. The third-order valence-electron chi connectivity index (χ3n) is 3.48. The molecule has 0 amide bonds. The topological polar surface area (TPSA) is 84.0 Å². The predicted octanol–water partition coefficient (Wildman–Crippen LogP) is 4.29. The van der Waals surface area contributed by atoms with Crippen molar-refractivity contribution in [3.05, 3.63) is 71.0 Å². The SMILES string of the molecule is Cc1cc(C)nc(Nc2cccc(NS(=O)(=O)c3ccc(Cl)cc3)c2)n1. The Bertz CT molecular complexity index is 1020. The van der Waals surface area contributed by atoms with Crippen LogP contribution in [0.25, 0.3) is 0 Å². The Morgan fingerprint density at radius 2 is 1.50 bits per heavy atom. The van der Waals surface area contributed by atoms with Crippen LogP contribution in [0.3, 0.4) is 0 Å². The Kier molecular flexibility index (Phi) is 5.11. The minimum absolute atomic E-state index is 0.137. The second-order valence-electron chi connectivity index (χ2n) is 5.74. The highest BCUT2D eigenvalue weighted by atomic mass is 35.5. The molecule has 0 aliphatic carbocycles. The van der Waals surface area contributed by atoms with Crippen LogP contribution in [0.4, 0.5) is 17.3 Å². The maximum Gasteiger partial charge on any atom is 0.261 e. The molecule has 6 nitrogen and oxygen atoms in total. The molecule has 0 fully saturated rings. The van der Waals surface area contributed by atoms with E-state index in [-0.39, 0.29) is 4.90 Å². The van der Waals surface area contributed by atoms with Crippen LogP contribution < -0.4 is 10.0 Å². The van der Waals surface area contributed by atoms with Crippen LogP contribution in [-0.4, -0.2) is 18.4 Å². The van der Waals surface area contributed by atoms with Gasteiger partial charge in [-0.2, -0.15) is 0 Å². The zero-order valence-electron chi connectivity index (χ0n) is 14.2. The first-order chi connectivity index (χ1) is 12.3. The van der Waals surface area contributed by atoms with Gasteiger partial charge in [0.25, 0.3) is 10.0 Å². The first kappa shape index (κ1) is 18.2. The molecule has 2 N–H and O–H groups in total. The van der Waals surface area contributed by atoms with Crippen LogP contribution in [0.2, 0.25) is 5.02 Å². The summed E-state index contributed by atoms with van der Waals surface area (Å²) in [7, 11) is -3.70. The molecule has 0 spiro atoms. The van der Waals surface area contributed by atoms with Gasteiger partial charge >= 0.3 is 0 Å². The van der Waals surface area contributed by atoms with Crippen LogP contribution in [0, 0.1) is 13.8 Å². The van der Waals surface area contributed by atoms with Gasteiger partial charge in [0.1, 0.15) is 0 Å². The molecule has 3 rings (SSSR count). The summed E-state index contributed by atoms with van der Waals surface area (Å²) in [4.78, 5) is 8.77. The molecule has 0 aliphatic heterocycles. The molecule has 3 aromatic rings. The van der Waals surface area contributed by atoms with E-state index in [2.05, 4.69) is 20.0 Å². The number of benzene rings is 2. The van der Waals surface area contributed by atoms with Crippen LogP contribution in [0.1, 0.15) is 11.4 Å². The number of aryl methyl sites for hydroxylation is 2. The lowest BCUT2D eigenvalue weighted by atomic mass is 10.3. The second kappa shape index (κ2) is 7.31. The lowest BCUT2D eigenvalue weighted by molar-refractivity contribution is 0.601. The molecular weight excluding hydrogens is 372 g/mol. The minimum Gasteiger partial charge on any atom is -0.324 e.